The van der Waals surface area contributed by atoms with Gasteiger partial charge in [0.15, 0.2) is 5.16 Å². The Balaban J connectivity index is 3.10. The van der Waals surface area contributed by atoms with Crippen LogP contribution >= 0.6 is 11.8 Å². The molecule has 0 radical (unpaired) electrons. The summed E-state index contributed by atoms with van der Waals surface area (Å²) in [6.45, 7) is 10.1. The van der Waals surface area contributed by atoms with Gasteiger partial charge in [-0.1, -0.05) is 11.8 Å². The van der Waals surface area contributed by atoms with Crippen LogP contribution in [0.2, 0.25) is 0 Å². The molecule has 0 fully saturated rings. The first-order chi connectivity index (χ1) is 9.07. The minimum Gasteiger partial charge on any atom is -0.481 e. The summed E-state index contributed by atoms with van der Waals surface area (Å²) in [5.74, 6) is -0.0866. The summed E-state index contributed by atoms with van der Waals surface area (Å²) < 4.78 is 7.42. The van der Waals surface area contributed by atoms with E-state index in [1.54, 1.807) is 7.11 Å². The standard InChI is InChI=1S/C13H23N3O3S/c1-12(2,3)16-9(7-13(4,5)19-6)14-15-11(16)20-8-10(17)18/h7-8H2,1-6H3,(H,17,18). The highest BCUT2D eigenvalue weighted by atomic mass is 32.2. The van der Waals surface area contributed by atoms with E-state index in [4.69, 9.17) is 9.84 Å². The van der Waals surface area contributed by atoms with E-state index in [2.05, 4.69) is 10.2 Å². The number of methoxy groups -OCH3 is 1. The Morgan fingerprint density at radius 1 is 1.30 bits per heavy atom. The van der Waals surface area contributed by atoms with Crippen LogP contribution < -0.4 is 0 Å². The molecule has 0 atom stereocenters. The average molecular weight is 301 g/mol. The number of carboxylic acids is 1. The normalized spacial score (nSPS) is 12.7. The van der Waals surface area contributed by atoms with E-state index in [9.17, 15) is 4.79 Å². The lowest BCUT2D eigenvalue weighted by atomic mass is 10.0. The Morgan fingerprint density at radius 2 is 1.90 bits per heavy atom. The maximum atomic E-state index is 10.7. The average Bonchev–Trinajstić information content (AvgIpc) is 2.68. The third kappa shape index (κ3) is 4.49. The van der Waals surface area contributed by atoms with E-state index >= 15 is 0 Å². The van der Waals surface area contributed by atoms with Crippen LogP contribution in [0, 0.1) is 0 Å². The molecule has 0 aliphatic heterocycles. The fourth-order valence-electron chi connectivity index (χ4n) is 1.76. The molecular formula is C13H23N3O3S. The van der Waals surface area contributed by atoms with E-state index in [0.717, 1.165) is 5.82 Å². The van der Waals surface area contributed by atoms with Gasteiger partial charge in [-0.3, -0.25) is 4.79 Å². The van der Waals surface area contributed by atoms with Crippen molar-refractivity contribution in [1.29, 1.82) is 0 Å². The molecule has 1 heterocycles. The van der Waals surface area contributed by atoms with Crippen LogP contribution in [-0.2, 0) is 21.5 Å². The number of ether oxygens (including phenoxy) is 1. The summed E-state index contributed by atoms with van der Waals surface area (Å²) in [7, 11) is 1.66. The monoisotopic (exact) mass is 301 g/mol. The quantitative estimate of drug-likeness (QED) is 0.811. The first-order valence-corrected chi connectivity index (χ1v) is 7.40. The van der Waals surface area contributed by atoms with Gasteiger partial charge in [0, 0.05) is 19.1 Å². The van der Waals surface area contributed by atoms with E-state index < -0.39 is 5.97 Å². The maximum absolute atomic E-state index is 10.7. The van der Waals surface area contributed by atoms with Crippen molar-refractivity contribution in [2.24, 2.45) is 0 Å². The van der Waals surface area contributed by atoms with Crippen LogP contribution in [-0.4, -0.2) is 44.3 Å². The number of carboxylic acid groups (broad SMARTS) is 1. The third-order valence-corrected chi connectivity index (χ3v) is 3.75. The van der Waals surface area contributed by atoms with Crippen molar-refractivity contribution in [2.45, 2.75) is 57.3 Å². The SMILES string of the molecule is COC(C)(C)Cc1nnc(SCC(=O)O)n1C(C)(C)C. The van der Waals surface area contributed by atoms with Crippen molar-refractivity contribution in [3.05, 3.63) is 5.82 Å². The van der Waals surface area contributed by atoms with Gasteiger partial charge in [0.2, 0.25) is 0 Å². The molecule has 0 amide bonds. The first-order valence-electron chi connectivity index (χ1n) is 6.41. The molecule has 1 aromatic heterocycles. The van der Waals surface area contributed by atoms with Gasteiger partial charge in [0.25, 0.3) is 0 Å². The Labute approximate surface area is 123 Å². The lowest BCUT2D eigenvalue weighted by Crippen LogP contribution is -2.31. The number of hydrogen-bond donors (Lipinski definition) is 1. The summed E-state index contributed by atoms with van der Waals surface area (Å²) in [6, 6.07) is 0. The Kier molecular flexibility index (Phi) is 5.21. The second-order valence-electron chi connectivity index (χ2n) is 6.23. The molecule has 0 saturated heterocycles. The van der Waals surface area contributed by atoms with Crippen molar-refractivity contribution in [2.75, 3.05) is 12.9 Å². The molecule has 0 aliphatic carbocycles. The van der Waals surface area contributed by atoms with Gasteiger partial charge < -0.3 is 14.4 Å². The van der Waals surface area contributed by atoms with Crippen molar-refractivity contribution >= 4 is 17.7 Å². The minimum atomic E-state index is -0.864. The Bertz CT molecular complexity index is 478. The van der Waals surface area contributed by atoms with Crippen molar-refractivity contribution in [3.8, 4) is 0 Å². The van der Waals surface area contributed by atoms with Gasteiger partial charge in [-0.15, -0.1) is 10.2 Å². The lowest BCUT2D eigenvalue weighted by Gasteiger charge is -2.28. The van der Waals surface area contributed by atoms with Crippen LogP contribution in [0.5, 0.6) is 0 Å². The molecule has 0 bridgehead atoms. The number of hydrogen-bond acceptors (Lipinski definition) is 5. The number of rotatable bonds is 6. The summed E-state index contributed by atoms with van der Waals surface area (Å²) >= 11 is 1.19. The largest absolute Gasteiger partial charge is 0.481 e. The molecule has 0 aliphatic rings. The summed E-state index contributed by atoms with van der Waals surface area (Å²) in [5.41, 5.74) is -0.561. The van der Waals surface area contributed by atoms with Gasteiger partial charge >= 0.3 is 5.97 Å². The summed E-state index contributed by atoms with van der Waals surface area (Å²) in [4.78, 5) is 10.7. The molecule has 0 spiro atoms. The van der Waals surface area contributed by atoms with Gasteiger partial charge in [0.1, 0.15) is 5.82 Å². The number of nitrogens with zero attached hydrogens (tertiary/aromatic N) is 3. The summed E-state index contributed by atoms with van der Waals surface area (Å²) in [6.07, 6.45) is 0.613. The minimum absolute atomic E-state index is 0.0259. The van der Waals surface area contributed by atoms with Gasteiger partial charge in [-0.25, -0.2) is 0 Å². The second-order valence-corrected chi connectivity index (χ2v) is 7.17. The van der Waals surface area contributed by atoms with E-state index in [-0.39, 0.29) is 16.9 Å². The van der Waals surface area contributed by atoms with E-state index in [1.807, 2.05) is 39.2 Å². The van der Waals surface area contributed by atoms with Crippen LogP contribution in [0.3, 0.4) is 0 Å². The molecule has 1 rings (SSSR count). The van der Waals surface area contributed by atoms with Crippen molar-refractivity contribution in [3.63, 3.8) is 0 Å². The van der Waals surface area contributed by atoms with Crippen LogP contribution in [0.25, 0.3) is 0 Å². The summed E-state index contributed by atoms with van der Waals surface area (Å²) in [5, 5.41) is 17.8. The fourth-order valence-corrected chi connectivity index (χ4v) is 2.62. The predicted molar refractivity (Wildman–Crippen MR) is 78.2 cm³/mol. The molecule has 0 unspecified atom stereocenters. The zero-order valence-electron chi connectivity index (χ0n) is 12.9. The number of carbonyl (C=O) groups is 1. The molecule has 0 aromatic carbocycles. The highest BCUT2D eigenvalue weighted by Gasteiger charge is 2.28. The molecule has 20 heavy (non-hydrogen) atoms. The number of aromatic nitrogens is 3. The molecule has 6 nitrogen and oxygen atoms in total. The second kappa shape index (κ2) is 6.13. The molecule has 1 N–H and O–H groups in total. The van der Waals surface area contributed by atoms with E-state index in [1.165, 1.54) is 11.8 Å². The van der Waals surface area contributed by atoms with Gasteiger partial charge in [-0.05, 0) is 34.6 Å². The highest BCUT2D eigenvalue weighted by molar-refractivity contribution is 7.99. The van der Waals surface area contributed by atoms with Crippen LogP contribution in [0.4, 0.5) is 0 Å². The molecule has 1 aromatic rings. The number of thioether (sulfide) groups is 1. The fraction of sp³-hybridized carbons (Fsp3) is 0.769. The molecule has 0 saturated carbocycles. The topological polar surface area (TPSA) is 77.2 Å². The predicted octanol–water partition coefficient (Wildman–Crippen LogP) is 2.18. The maximum Gasteiger partial charge on any atom is 0.313 e. The smallest absolute Gasteiger partial charge is 0.313 e. The van der Waals surface area contributed by atoms with Crippen molar-refractivity contribution < 1.29 is 14.6 Å². The third-order valence-electron chi connectivity index (χ3n) is 2.83. The Morgan fingerprint density at radius 3 is 2.35 bits per heavy atom. The van der Waals surface area contributed by atoms with Crippen molar-refractivity contribution in [1.82, 2.24) is 14.8 Å². The molecule has 7 heteroatoms. The number of aliphatic carboxylic acids is 1. The van der Waals surface area contributed by atoms with Crippen LogP contribution in [0.15, 0.2) is 5.16 Å². The van der Waals surface area contributed by atoms with Gasteiger partial charge in [-0.2, -0.15) is 0 Å². The lowest BCUT2D eigenvalue weighted by molar-refractivity contribution is -0.133. The zero-order valence-corrected chi connectivity index (χ0v) is 13.7. The van der Waals surface area contributed by atoms with Crippen LogP contribution in [0.1, 0.15) is 40.4 Å². The highest BCUT2D eigenvalue weighted by Crippen LogP contribution is 2.27. The molecule has 114 valence electrons. The van der Waals surface area contributed by atoms with E-state index in [0.29, 0.717) is 11.6 Å². The first kappa shape index (κ1) is 17.0. The van der Waals surface area contributed by atoms with Gasteiger partial charge in [0.05, 0.1) is 11.4 Å². The Hall–Kier alpha value is -1.08. The zero-order chi connectivity index (χ0) is 15.6. The molecular weight excluding hydrogens is 278 g/mol.